The van der Waals surface area contributed by atoms with E-state index in [2.05, 4.69) is 18.9 Å². The van der Waals surface area contributed by atoms with Crippen LogP contribution in [0.4, 0.5) is 0 Å². The molecule has 0 bridgehead atoms. The number of nitrogens with zero attached hydrogens (tertiary/aromatic N) is 2. The third kappa shape index (κ3) is 6.11. The summed E-state index contributed by atoms with van der Waals surface area (Å²) in [6.07, 6.45) is 3.40. The second kappa shape index (κ2) is 9.69. The summed E-state index contributed by atoms with van der Waals surface area (Å²) in [6.45, 7) is 6.32. The lowest BCUT2D eigenvalue weighted by Gasteiger charge is -2.28. The van der Waals surface area contributed by atoms with Gasteiger partial charge in [0.25, 0.3) is 0 Å². The van der Waals surface area contributed by atoms with Gasteiger partial charge in [-0.1, -0.05) is 26.0 Å². The zero-order valence-electron chi connectivity index (χ0n) is 15.7. The van der Waals surface area contributed by atoms with Crippen LogP contribution in [-0.2, 0) is 11.2 Å². The van der Waals surface area contributed by atoms with Gasteiger partial charge in [-0.3, -0.25) is 9.80 Å². The minimum absolute atomic E-state index is 0.134. The van der Waals surface area contributed by atoms with E-state index in [1.165, 1.54) is 0 Å². The Bertz CT molecular complexity index is 600. The van der Waals surface area contributed by atoms with E-state index >= 15 is 0 Å². The fourth-order valence-corrected chi connectivity index (χ4v) is 3.35. The molecule has 0 saturated carbocycles. The first-order valence-corrected chi connectivity index (χ1v) is 9.42. The van der Waals surface area contributed by atoms with Gasteiger partial charge in [0.05, 0.1) is 11.7 Å². The monoisotopic (exact) mass is 362 g/mol. The maximum Gasteiger partial charge on any atom is 0.335 e. The maximum absolute atomic E-state index is 12.1. The molecule has 26 heavy (non-hydrogen) atoms. The smallest absolute Gasteiger partial charge is 0.335 e. The van der Waals surface area contributed by atoms with Gasteiger partial charge in [0.1, 0.15) is 0 Å². The van der Waals surface area contributed by atoms with Gasteiger partial charge in [0, 0.05) is 26.1 Å². The van der Waals surface area contributed by atoms with E-state index in [1.807, 2.05) is 0 Å². The second-order valence-corrected chi connectivity index (χ2v) is 7.40. The summed E-state index contributed by atoms with van der Waals surface area (Å²) in [5.74, 6) is -0.311. The Morgan fingerprint density at radius 2 is 1.88 bits per heavy atom. The molecule has 6 nitrogen and oxygen atoms in total. The Labute approximate surface area is 155 Å². The topological polar surface area (TPSA) is 81.1 Å². The minimum Gasteiger partial charge on any atom is -0.478 e. The molecule has 1 aliphatic heterocycles. The van der Waals surface area contributed by atoms with Gasteiger partial charge in [0.2, 0.25) is 5.91 Å². The van der Waals surface area contributed by atoms with Gasteiger partial charge >= 0.3 is 5.97 Å². The van der Waals surface area contributed by atoms with Crippen molar-refractivity contribution in [3.8, 4) is 0 Å². The Hall–Kier alpha value is -1.92. The van der Waals surface area contributed by atoms with Crippen LogP contribution in [0.25, 0.3) is 0 Å². The van der Waals surface area contributed by atoms with Crippen molar-refractivity contribution in [2.24, 2.45) is 5.92 Å². The van der Waals surface area contributed by atoms with Crippen molar-refractivity contribution in [3.05, 3.63) is 35.4 Å². The van der Waals surface area contributed by atoms with Crippen LogP contribution in [-0.4, -0.2) is 57.8 Å². The van der Waals surface area contributed by atoms with E-state index < -0.39 is 5.97 Å². The molecule has 1 aromatic carbocycles. The van der Waals surface area contributed by atoms with E-state index in [4.69, 9.17) is 5.11 Å². The molecule has 6 heteroatoms. The zero-order chi connectivity index (χ0) is 19.1. The van der Waals surface area contributed by atoms with E-state index in [1.54, 1.807) is 29.3 Å². The highest BCUT2D eigenvalue weighted by Gasteiger charge is 2.28. The molecule has 0 aliphatic carbocycles. The number of aliphatic hydroxyl groups is 1. The Kier molecular flexibility index (Phi) is 7.60. The number of hydrogen-bond acceptors (Lipinski definition) is 4. The van der Waals surface area contributed by atoms with Gasteiger partial charge in [-0.15, -0.1) is 0 Å². The molecule has 144 valence electrons. The number of carboxylic acid groups (broad SMARTS) is 1. The molecule has 0 radical (unpaired) electrons. The number of hydrazine groups is 1. The summed E-state index contributed by atoms with van der Waals surface area (Å²) in [4.78, 5) is 23.0. The van der Waals surface area contributed by atoms with E-state index in [9.17, 15) is 14.7 Å². The summed E-state index contributed by atoms with van der Waals surface area (Å²) in [5, 5.41) is 22.8. The molecule has 1 aromatic rings. The fourth-order valence-electron chi connectivity index (χ4n) is 3.35. The number of rotatable bonds is 10. The number of carboxylic acids is 1. The van der Waals surface area contributed by atoms with Gasteiger partial charge in [-0.05, 0) is 49.3 Å². The first-order valence-electron chi connectivity index (χ1n) is 9.42. The van der Waals surface area contributed by atoms with E-state index in [-0.39, 0.29) is 17.6 Å². The number of aliphatic hydroxyl groups excluding tert-OH is 1. The van der Waals surface area contributed by atoms with Gasteiger partial charge in [-0.25, -0.2) is 9.80 Å². The van der Waals surface area contributed by atoms with Crippen molar-refractivity contribution in [1.82, 2.24) is 10.0 Å². The van der Waals surface area contributed by atoms with E-state index in [0.29, 0.717) is 25.3 Å². The number of amides is 1. The van der Waals surface area contributed by atoms with Crippen LogP contribution in [0.5, 0.6) is 0 Å². The number of benzene rings is 1. The normalized spacial score (nSPS) is 16.5. The number of hydrogen-bond donors (Lipinski definition) is 2. The quantitative estimate of drug-likeness (QED) is 0.669. The lowest BCUT2D eigenvalue weighted by Crippen LogP contribution is -2.41. The highest BCUT2D eigenvalue weighted by atomic mass is 16.4. The number of aromatic carboxylic acids is 1. The molecule has 1 atom stereocenters. The van der Waals surface area contributed by atoms with Crippen LogP contribution < -0.4 is 0 Å². The average molecular weight is 362 g/mol. The largest absolute Gasteiger partial charge is 0.478 e. The van der Waals surface area contributed by atoms with Gasteiger partial charge < -0.3 is 10.2 Å². The lowest BCUT2D eigenvalue weighted by molar-refractivity contribution is -0.138. The molecule has 0 spiro atoms. The highest BCUT2D eigenvalue weighted by Crippen LogP contribution is 2.16. The third-order valence-electron chi connectivity index (χ3n) is 4.72. The predicted octanol–water partition coefficient (Wildman–Crippen LogP) is 2.56. The van der Waals surface area contributed by atoms with Crippen molar-refractivity contribution in [1.29, 1.82) is 0 Å². The van der Waals surface area contributed by atoms with Crippen LogP contribution >= 0.6 is 0 Å². The van der Waals surface area contributed by atoms with E-state index in [0.717, 1.165) is 37.9 Å². The summed E-state index contributed by atoms with van der Waals surface area (Å²) >= 11 is 0. The van der Waals surface area contributed by atoms with Crippen molar-refractivity contribution in [2.45, 2.75) is 52.1 Å². The highest BCUT2D eigenvalue weighted by molar-refractivity contribution is 5.87. The molecule has 1 unspecified atom stereocenters. The SMILES string of the molecule is CC(C)CC(O)CCCN1CCC(=O)N1CCc1ccc(C(=O)O)cc1. The number of carbonyl (C=O) groups is 2. The molecule has 1 aliphatic rings. The minimum atomic E-state index is -0.933. The molecule has 0 aromatic heterocycles. The molecule has 2 N–H and O–H groups in total. The molecule has 1 heterocycles. The van der Waals surface area contributed by atoms with Crippen molar-refractivity contribution >= 4 is 11.9 Å². The third-order valence-corrected chi connectivity index (χ3v) is 4.72. The maximum atomic E-state index is 12.1. The van der Waals surface area contributed by atoms with Gasteiger partial charge in [-0.2, -0.15) is 0 Å². The summed E-state index contributed by atoms with van der Waals surface area (Å²) in [6, 6.07) is 6.79. The molecule has 1 fully saturated rings. The second-order valence-electron chi connectivity index (χ2n) is 7.40. The Morgan fingerprint density at radius 1 is 1.19 bits per heavy atom. The molecule has 1 saturated heterocycles. The van der Waals surface area contributed by atoms with Crippen molar-refractivity contribution in [2.75, 3.05) is 19.6 Å². The zero-order valence-corrected chi connectivity index (χ0v) is 15.7. The average Bonchev–Trinajstić information content (AvgIpc) is 2.92. The fraction of sp³-hybridized carbons (Fsp3) is 0.600. The standard InChI is InChI=1S/C20H30N2O4/c1-15(2)14-18(23)4-3-11-21-12-10-19(24)22(21)13-9-16-5-7-17(8-6-16)20(25)26/h5-8,15,18,23H,3-4,9-14H2,1-2H3,(H,25,26). The van der Waals surface area contributed by atoms with Crippen LogP contribution in [0, 0.1) is 5.92 Å². The summed E-state index contributed by atoms with van der Waals surface area (Å²) in [5.41, 5.74) is 1.29. The molecular weight excluding hydrogens is 332 g/mol. The van der Waals surface area contributed by atoms with Crippen LogP contribution in [0.1, 0.15) is 55.5 Å². The summed E-state index contributed by atoms with van der Waals surface area (Å²) < 4.78 is 0. The first-order chi connectivity index (χ1) is 12.4. The van der Waals surface area contributed by atoms with Crippen molar-refractivity contribution in [3.63, 3.8) is 0 Å². The molecular formula is C20H30N2O4. The molecule has 1 amide bonds. The molecule has 2 rings (SSSR count). The lowest BCUT2D eigenvalue weighted by atomic mass is 10.0. The number of carbonyl (C=O) groups excluding carboxylic acids is 1. The van der Waals surface area contributed by atoms with Crippen LogP contribution in [0.15, 0.2) is 24.3 Å². The predicted molar refractivity (Wildman–Crippen MR) is 99.7 cm³/mol. The summed E-state index contributed by atoms with van der Waals surface area (Å²) in [7, 11) is 0. The van der Waals surface area contributed by atoms with Gasteiger partial charge in [0.15, 0.2) is 0 Å². The van der Waals surface area contributed by atoms with Crippen molar-refractivity contribution < 1.29 is 19.8 Å². The first kappa shape index (κ1) is 20.4. The van der Waals surface area contributed by atoms with Crippen LogP contribution in [0.2, 0.25) is 0 Å². The Morgan fingerprint density at radius 3 is 2.50 bits per heavy atom. The van der Waals surface area contributed by atoms with Crippen LogP contribution in [0.3, 0.4) is 0 Å². The Balaban J connectivity index is 1.80.